The highest BCUT2D eigenvalue weighted by atomic mass is 32.1. The number of benzene rings is 2. The summed E-state index contributed by atoms with van der Waals surface area (Å²) in [4.78, 5) is 0. The summed E-state index contributed by atoms with van der Waals surface area (Å²) in [5.41, 5.74) is 1.98. The van der Waals surface area contributed by atoms with E-state index in [0.717, 1.165) is 17.2 Å². The first-order valence-corrected chi connectivity index (χ1v) is 8.41. The third-order valence-electron chi connectivity index (χ3n) is 3.56. The Balaban J connectivity index is 1.85. The predicted octanol–water partition coefficient (Wildman–Crippen LogP) is 3.77. The maximum Gasteiger partial charge on any atom is 0.171 e. The second-order valence-electron chi connectivity index (χ2n) is 5.69. The van der Waals surface area contributed by atoms with Crippen molar-refractivity contribution < 1.29 is 14.2 Å². The zero-order valence-corrected chi connectivity index (χ0v) is 15.8. The fourth-order valence-corrected chi connectivity index (χ4v) is 2.49. The maximum absolute atomic E-state index is 5.76. The molecule has 0 aliphatic heterocycles. The molecule has 0 unspecified atom stereocenters. The lowest BCUT2D eigenvalue weighted by molar-refractivity contribution is 0.287. The largest absolute Gasteiger partial charge is 0.497 e. The second kappa shape index (κ2) is 9.13. The summed E-state index contributed by atoms with van der Waals surface area (Å²) in [6.45, 7) is 4.56. The van der Waals surface area contributed by atoms with Crippen LogP contribution in [0.3, 0.4) is 0 Å². The van der Waals surface area contributed by atoms with Gasteiger partial charge in [-0.05, 0) is 50.3 Å². The average molecular weight is 360 g/mol. The van der Waals surface area contributed by atoms with Gasteiger partial charge in [-0.1, -0.05) is 17.7 Å². The van der Waals surface area contributed by atoms with Gasteiger partial charge in [0.1, 0.15) is 23.9 Å². The molecule has 0 fully saturated rings. The first-order valence-electron chi connectivity index (χ1n) is 8.01. The molecule has 0 spiro atoms. The van der Waals surface area contributed by atoms with Gasteiger partial charge >= 0.3 is 0 Å². The van der Waals surface area contributed by atoms with Crippen LogP contribution in [-0.2, 0) is 0 Å². The van der Waals surface area contributed by atoms with Gasteiger partial charge in [0, 0.05) is 6.07 Å². The highest BCUT2D eigenvalue weighted by Gasteiger charge is 2.09. The van der Waals surface area contributed by atoms with Crippen LogP contribution in [0.1, 0.15) is 12.5 Å². The lowest BCUT2D eigenvalue weighted by atomic mass is 10.2. The molecule has 0 saturated heterocycles. The normalized spacial score (nSPS) is 11.4. The lowest BCUT2D eigenvalue weighted by Crippen LogP contribution is -2.39. The number of methoxy groups -OCH3 is 2. The first-order chi connectivity index (χ1) is 12.0. The van der Waals surface area contributed by atoms with Crippen LogP contribution in [0, 0.1) is 6.92 Å². The van der Waals surface area contributed by atoms with Gasteiger partial charge in [0.2, 0.25) is 0 Å². The maximum atomic E-state index is 5.76. The van der Waals surface area contributed by atoms with Crippen molar-refractivity contribution in [2.45, 2.75) is 19.9 Å². The molecular formula is C19H24N2O3S. The van der Waals surface area contributed by atoms with Crippen molar-refractivity contribution in [3.63, 3.8) is 0 Å². The number of nitrogens with one attached hydrogen (secondary N) is 2. The molecule has 0 amide bonds. The Morgan fingerprint density at radius 2 is 1.72 bits per heavy atom. The predicted molar refractivity (Wildman–Crippen MR) is 105 cm³/mol. The van der Waals surface area contributed by atoms with Gasteiger partial charge in [-0.25, -0.2) is 0 Å². The lowest BCUT2D eigenvalue weighted by Gasteiger charge is -2.19. The van der Waals surface area contributed by atoms with Crippen molar-refractivity contribution in [3.8, 4) is 17.2 Å². The van der Waals surface area contributed by atoms with Crippen LogP contribution in [-0.4, -0.2) is 32.0 Å². The third-order valence-corrected chi connectivity index (χ3v) is 3.78. The van der Waals surface area contributed by atoms with E-state index in [1.54, 1.807) is 20.3 Å². The molecule has 2 aromatic rings. The van der Waals surface area contributed by atoms with E-state index >= 15 is 0 Å². The second-order valence-corrected chi connectivity index (χ2v) is 6.10. The van der Waals surface area contributed by atoms with Crippen molar-refractivity contribution in [1.29, 1.82) is 0 Å². The van der Waals surface area contributed by atoms with Crippen LogP contribution < -0.4 is 24.8 Å². The number of hydrogen-bond acceptors (Lipinski definition) is 4. The van der Waals surface area contributed by atoms with Crippen molar-refractivity contribution in [2.75, 3.05) is 26.1 Å². The highest BCUT2D eigenvalue weighted by molar-refractivity contribution is 7.80. The van der Waals surface area contributed by atoms with Gasteiger partial charge in [-0.15, -0.1) is 0 Å². The SMILES string of the molecule is COc1ccc(NC(=S)N[C@@H](C)COc2ccc(C)cc2)c(OC)c1. The van der Waals surface area contributed by atoms with Gasteiger partial charge in [-0.2, -0.15) is 0 Å². The Morgan fingerprint density at radius 3 is 2.36 bits per heavy atom. The summed E-state index contributed by atoms with van der Waals surface area (Å²) in [6.07, 6.45) is 0. The molecule has 0 saturated carbocycles. The summed E-state index contributed by atoms with van der Waals surface area (Å²) in [7, 11) is 3.22. The van der Waals surface area contributed by atoms with Crippen LogP contribution in [0.5, 0.6) is 17.2 Å². The van der Waals surface area contributed by atoms with E-state index in [1.807, 2.05) is 50.2 Å². The molecular weight excluding hydrogens is 336 g/mol. The average Bonchev–Trinajstić information content (AvgIpc) is 2.61. The molecule has 0 heterocycles. The minimum atomic E-state index is 0.0468. The van der Waals surface area contributed by atoms with Crippen LogP contribution >= 0.6 is 12.2 Å². The number of rotatable bonds is 7. The minimum absolute atomic E-state index is 0.0468. The number of ether oxygens (including phenoxy) is 3. The van der Waals surface area contributed by atoms with E-state index in [9.17, 15) is 0 Å². The molecule has 2 rings (SSSR count). The Bertz CT molecular complexity index is 704. The zero-order chi connectivity index (χ0) is 18.2. The van der Waals surface area contributed by atoms with Crippen molar-refractivity contribution in [2.24, 2.45) is 0 Å². The number of thiocarbonyl (C=S) groups is 1. The van der Waals surface area contributed by atoms with E-state index in [2.05, 4.69) is 10.6 Å². The summed E-state index contributed by atoms with van der Waals surface area (Å²) in [6, 6.07) is 13.5. The van der Waals surface area contributed by atoms with E-state index in [0.29, 0.717) is 17.5 Å². The summed E-state index contributed by atoms with van der Waals surface area (Å²) < 4.78 is 16.3. The first kappa shape index (κ1) is 18.9. The van der Waals surface area contributed by atoms with E-state index in [4.69, 9.17) is 26.4 Å². The Hall–Kier alpha value is -2.47. The highest BCUT2D eigenvalue weighted by Crippen LogP contribution is 2.28. The molecule has 0 bridgehead atoms. The van der Waals surface area contributed by atoms with Crippen molar-refractivity contribution in [1.82, 2.24) is 5.32 Å². The minimum Gasteiger partial charge on any atom is -0.497 e. The molecule has 0 aliphatic rings. The molecule has 6 heteroatoms. The Labute approximate surface area is 154 Å². The zero-order valence-electron chi connectivity index (χ0n) is 15.0. The molecule has 5 nitrogen and oxygen atoms in total. The molecule has 1 atom stereocenters. The Morgan fingerprint density at radius 1 is 1.04 bits per heavy atom. The van der Waals surface area contributed by atoms with Gasteiger partial charge in [0.15, 0.2) is 5.11 Å². The standard InChI is InChI=1S/C19H24N2O3S/c1-13-5-7-15(8-6-13)24-12-14(2)20-19(25)21-17-10-9-16(22-3)11-18(17)23-4/h5-11,14H,12H2,1-4H3,(H2,20,21,25)/t14-/m0/s1. The smallest absolute Gasteiger partial charge is 0.171 e. The molecule has 134 valence electrons. The van der Waals surface area contributed by atoms with Crippen LogP contribution in [0.4, 0.5) is 5.69 Å². The molecule has 2 N–H and O–H groups in total. The van der Waals surface area contributed by atoms with E-state index in [1.165, 1.54) is 5.56 Å². The quantitative estimate of drug-likeness (QED) is 0.733. The van der Waals surface area contributed by atoms with Gasteiger partial charge in [0.25, 0.3) is 0 Å². The van der Waals surface area contributed by atoms with E-state index in [-0.39, 0.29) is 6.04 Å². The van der Waals surface area contributed by atoms with Crippen molar-refractivity contribution >= 4 is 23.0 Å². The third kappa shape index (κ3) is 5.83. The summed E-state index contributed by atoms with van der Waals surface area (Å²) >= 11 is 5.36. The summed E-state index contributed by atoms with van der Waals surface area (Å²) in [5.74, 6) is 2.23. The molecule has 2 aromatic carbocycles. The fourth-order valence-electron chi connectivity index (χ4n) is 2.18. The Kier molecular flexibility index (Phi) is 6.89. The molecule has 0 radical (unpaired) electrons. The fraction of sp³-hybridized carbons (Fsp3) is 0.316. The number of aryl methyl sites for hydroxylation is 1. The van der Waals surface area contributed by atoms with Crippen LogP contribution in [0.25, 0.3) is 0 Å². The summed E-state index contributed by atoms with van der Waals surface area (Å²) in [5, 5.41) is 6.84. The number of hydrogen-bond donors (Lipinski definition) is 2. The molecule has 25 heavy (non-hydrogen) atoms. The van der Waals surface area contributed by atoms with Gasteiger partial charge < -0.3 is 24.8 Å². The molecule has 0 aliphatic carbocycles. The van der Waals surface area contributed by atoms with Crippen LogP contribution in [0.15, 0.2) is 42.5 Å². The van der Waals surface area contributed by atoms with E-state index < -0.39 is 0 Å². The van der Waals surface area contributed by atoms with Gasteiger partial charge in [0.05, 0.1) is 25.9 Å². The number of anilines is 1. The monoisotopic (exact) mass is 360 g/mol. The van der Waals surface area contributed by atoms with Gasteiger partial charge in [-0.3, -0.25) is 0 Å². The van der Waals surface area contributed by atoms with Crippen LogP contribution in [0.2, 0.25) is 0 Å². The molecule has 0 aromatic heterocycles. The topological polar surface area (TPSA) is 51.8 Å². The van der Waals surface area contributed by atoms with Crippen molar-refractivity contribution in [3.05, 3.63) is 48.0 Å².